The van der Waals surface area contributed by atoms with Crippen LogP contribution in [0.25, 0.3) is 11.1 Å². The zero-order valence-electron chi connectivity index (χ0n) is 18.4. The van der Waals surface area contributed by atoms with Crippen molar-refractivity contribution in [1.82, 2.24) is 15.2 Å². The molecular weight excluding hydrogens is 425 g/mol. The highest BCUT2D eigenvalue weighted by molar-refractivity contribution is 7.12. The Morgan fingerprint density at radius 2 is 2.06 bits per heavy atom. The van der Waals surface area contributed by atoms with E-state index in [1.165, 1.54) is 17.5 Å². The number of hydrogen-bond acceptors (Lipinski definition) is 5. The summed E-state index contributed by atoms with van der Waals surface area (Å²) in [5.41, 5.74) is 2.08. The molecule has 0 atom stereocenters. The highest BCUT2D eigenvalue weighted by atomic mass is 32.1. The largest absolute Gasteiger partial charge is 0.496 e. The Bertz CT molecular complexity index is 1050. The Labute approximate surface area is 192 Å². The molecule has 1 N–H and O–H groups in total. The van der Waals surface area contributed by atoms with Gasteiger partial charge in [-0.2, -0.15) is 0 Å². The van der Waals surface area contributed by atoms with Gasteiger partial charge in [0.2, 0.25) is 0 Å². The van der Waals surface area contributed by atoms with Crippen LogP contribution in [-0.4, -0.2) is 42.0 Å². The molecule has 2 heterocycles. The summed E-state index contributed by atoms with van der Waals surface area (Å²) in [4.78, 5) is 20.0. The summed E-state index contributed by atoms with van der Waals surface area (Å²) in [6.45, 7) is 0.412. The van der Waals surface area contributed by atoms with Crippen molar-refractivity contribution >= 4 is 17.2 Å². The first kappa shape index (κ1) is 22.4. The van der Waals surface area contributed by atoms with Crippen LogP contribution in [0.5, 0.6) is 5.75 Å². The van der Waals surface area contributed by atoms with E-state index in [-0.39, 0.29) is 17.8 Å². The lowest BCUT2D eigenvalue weighted by Crippen LogP contribution is -2.44. The third kappa shape index (κ3) is 4.84. The Kier molecular flexibility index (Phi) is 7.17. The number of halogens is 1. The zero-order chi connectivity index (χ0) is 22.5. The van der Waals surface area contributed by atoms with Crippen LogP contribution in [0.3, 0.4) is 0 Å². The van der Waals surface area contributed by atoms with Crippen molar-refractivity contribution < 1.29 is 13.9 Å². The molecule has 1 aliphatic rings. The standard InChI is InChI=1S/C25H28FN3O2S/c1-27-19-6-8-20(9-7-19)29(25(30)24-4-3-13-32-24)16-18-14-17(5-10-23(18)31-2)21-11-12-28-15-22(21)26/h3-5,10-15,19-20,27H,6-9,16H2,1-2H3. The van der Waals surface area contributed by atoms with Crippen molar-refractivity contribution in [2.45, 2.75) is 44.3 Å². The molecule has 0 unspecified atom stereocenters. The summed E-state index contributed by atoms with van der Waals surface area (Å²) in [5.74, 6) is 0.354. The topological polar surface area (TPSA) is 54.5 Å². The summed E-state index contributed by atoms with van der Waals surface area (Å²) in [6, 6.07) is 11.7. The van der Waals surface area contributed by atoms with Crippen molar-refractivity contribution in [3.05, 3.63) is 70.4 Å². The van der Waals surface area contributed by atoms with E-state index in [9.17, 15) is 9.18 Å². The Balaban J connectivity index is 1.67. The fourth-order valence-electron chi connectivity index (χ4n) is 4.45. The number of hydrogen-bond donors (Lipinski definition) is 1. The lowest BCUT2D eigenvalue weighted by atomic mass is 9.89. The summed E-state index contributed by atoms with van der Waals surface area (Å²) >= 11 is 1.46. The lowest BCUT2D eigenvalue weighted by Gasteiger charge is -2.37. The second-order valence-corrected chi connectivity index (χ2v) is 9.03. The van der Waals surface area contributed by atoms with Gasteiger partial charge in [-0.1, -0.05) is 12.1 Å². The van der Waals surface area contributed by atoms with E-state index < -0.39 is 0 Å². The van der Waals surface area contributed by atoms with Gasteiger partial charge in [0.25, 0.3) is 5.91 Å². The number of aromatic nitrogens is 1. The van der Waals surface area contributed by atoms with Gasteiger partial charge in [0.15, 0.2) is 0 Å². The van der Waals surface area contributed by atoms with E-state index in [1.807, 2.05) is 47.7 Å². The molecule has 1 aromatic carbocycles. The van der Waals surface area contributed by atoms with Crippen molar-refractivity contribution in [2.24, 2.45) is 0 Å². The van der Waals surface area contributed by atoms with Crippen LogP contribution in [-0.2, 0) is 6.54 Å². The quantitative estimate of drug-likeness (QED) is 0.539. The maximum absolute atomic E-state index is 14.4. The van der Waals surface area contributed by atoms with Crippen LogP contribution in [0.1, 0.15) is 40.9 Å². The number of ether oxygens (including phenoxy) is 1. The number of carbonyl (C=O) groups excluding carboxylic acids is 1. The number of amides is 1. The van der Waals surface area contributed by atoms with Crippen molar-refractivity contribution in [3.63, 3.8) is 0 Å². The summed E-state index contributed by atoms with van der Waals surface area (Å²) in [5, 5.41) is 5.28. The number of benzene rings is 1. The summed E-state index contributed by atoms with van der Waals surface area (Å²) < 4.78 is 20.0. The predicted octanol–water partition coefficient (Wildman–Crippen LogP) is 5.13. The van der Waals surface area contributed by atoms with Crippen LogP contribution in [0.4, 0.5) is 4.39 Å². The zero-order valence-corrected chi connectivity index (χ0v) is 19.2. The van der Waals surface area contributed by atoms with E-state index in [4.69, 9.17) is 4.74 Å². The number of nitrogens with zero attached hydrogens (tertiary/aromatic N) is 2. The molecule has 5 nitrogen and oxygen atoms in total. The van der Waals surface area contributed by atoms with E-state index in [2.05, 4.69) is 10.3 Å². The number of pyridine rings is 1. The van der Waals surface area contributed by atoms with Gasteiger partial charge in [0.05, 0.1) is 18.2 Å². The minimum Gasteiger partial charge on any atom is -0.496 e. The van der Waals surface area contributed by atoms with E-state index in [0.29, 0.717) is 23.9 Å². The molecule has 1 saturated carbocycles. The summed E-state index contributed by atoms with van der Waals surface area (Å²) in [7, 11) is 3.61. The van der Waals surface area contributed by atoms with Crippen LogP contribution >= 0.6 is 11.3 Å². The van der Waals surface area contributed by atoms with Crippen molar-refractivity contribution in [2.75, 3.05) is 14.2 Å². The molecule has 1 aliphatic carbocycles. The van der Waals surface area contributed by atoms with Crippen molar-refractivity contribution in [3.8, 4) is 16.9 Å². The SMILES string of the molecule is CNC1CCC(N(Cc2cc(-c3ccncc3F)ccc2OC)C(=O)c2cccs2)CC1. The van der Waals surface area contributed by atoms with E-state index in [0.717, 1.165) is 41.7 Å². The number of rotatable bonds is 7. The van der Waals surface area contributed by atoms with Gasteiger partial charge >= 0.3 is 0 Å². The predicted molar refractivity (Wildman–Crippen MR) is 125 cm³/mol. The van der Waals surface area contributed by atoms with Crippen LogP contribution < -0.4 is 10.1 Å². The minimum absolute atomic E-state index is 0.0375. The molecule has 0 aliphatic heterocycles. The van der Waals surface area contributed by atoms with E-state index >= 15 is 0 Å². The minimum atomic E-state index is -0.375. The van der Waals surface area contributed by atoms with Gasteiger partial charge in [-0.3, -0.25) is 9.78 Å². The number of nitrogens with one attached hydrogen (secondary N) is 1. The molecule has 0 bridgehead atoms. The first-order chi connectivity index (χ1) is 15.6. The number of carbonyl (C=O) groups is 1. The molecule has 1 fully saturated rings. The third-order valence-electron chi connectivity index (χ3n) is 6.24. The van der Waals surface area contributed by atoms with Gasteiger partial charge in [0.1, 0.15) is 11.6 Å². The Morgan fingerprint density at radius 1 is 1.25 bits per heavy atom. The first-order valence-corrected chi connectivity index (χ1v) is 11.8. The molecule has 0 spiro atoms. The molecule has 4 rings (SSSR count). The number of methoxy groups -OCH3 is 1. The monoisotopic (exact) mass is 453 g/mol. The number of thiophene rings is 1. The van der Waals surface area contributed by atoms with Crippen LogP contribution in [0, 0.1) is 5.82 Å². The molecule has 168 valence electrons. The highest BCUT2D eigenvalue weighted by Crippen LogP contribution is 2.32. The smallest absolute Gasteiger partial charge is 0.264 e. The van der Waals surface area contributed by atoms with Gasteiger partial charge in [0, 0.05) is 36.0 Å². The summed E-state index contributed by atoms with van der Waals surface area (Å²) in [6.07, 6.45) is 6.76. The second kappa shape index (κ2) is 10.2. The van der Waals surface area contributed by atoms with Crippen LogP contribution in [0.15, 0.2) is 54.2 Å². The van der Waals surface area contributed by atoms with Gasteiger partial charge in [-0.15, -0.1) is 11.3 Å². The molecule has 32 heavy (non-hydrogen) atoms. The van der Waals surface area contributed by atoms with Gasteiger partial charge in [-0.05, 0) is 67.9 Å². The van der Waals surface area contributed by atoms with Gasteiger partial charge in [-0.25, -0.2) is 4.39 Å². The molecule has 7 heteroatoms. The average Bonchev–Trinajstić information content (AvgIpc) is 3.37. The second-order valence-electron chi connectivity index (χ2n) is 8.09. The fraction of sp³-hybridized carbons (Fsp3) is 0.360. The molecular formula is C25H28FN3O2S. The van der Waals surface area contributed by atoms with Crippen molar-refractivity contribution in [1.29, 1.82) is 0 Å². The van der Waals surface area contributed by atoms with Gasteiger partial charge < -0.3 is 15.0 Å². The molecule has 2 aromatic heterocycles. The normalized spacial score (nSPS) is 18.3. The van der Waals surface area contributed by atoms with Crippen LogP contribution in [0.2, 0.25) is 0 Å². The first-order valence-electron chi connectivity index (χ1n) is 10.9. The third-order valence-corrected chi connectivity index (χ3v) is 7.10. The Hall–Kier alpha value is -2.77. The Morgan fingerprint density at radius 3 is 2.72 bits per heavy atom. The lowest BCUT2D eigenvalue weighted by molar-refractivity contribution is 0.0604. The molecule has 0 radical (unpaired) electrons. The van der Waals surface area contributed by atoms with E-state index in [1.54, 1.807) is 19.4 Å². The maximum atomic E-state index is 14.4. The maximum Gasteiger partial charge on any atom is 0.264 e. The highest BCUT2D eigenvalue weighted by Gasteiger charge is 2.30. The molecule has 1 amide bonds. The molecule has 0 saturated heterocycles. The average molecular weight is 454 g/mol. The molecule has 3 aromatic rings. The fourth-order valence-corrected chi connectivity index (χ4v) is 5.13.